The van der Waals surface area contributed by atoms with Gasteiger partial charge in [-0.3, -0.25) is 0 Å². The summed E-state index contributed by atoms with van der Waals surface area (Å²) in [5.41, 5.74) is 7.86. The fraction of sp³-hybridized carbons (Fsp3) is 0.500. The third kappa shape index (κ3) is 2.86. The fourth-order valence-electron chi connectivity index (χ4n) is 1.50. The molecule has 0 atom stereocenters. The molecule has 0 aliphatic carbocycles. The monoisotopic (exact) mass is 227 g/mol. The van der Waals surface area contributed by atoms with Crippen LogP contribution in [0.15, 0.2) is 12.1 Å². The topological polar surface area (TPSA) is 35.2 Å². The van der Waals surface area contributed by atoms with Crippen molar-refractivity contribution in [3.8, 4) is 5.75 Å². The molecule has 0 amide bonds. The first-order valence-corrected chi connectivity index (χ1v) is 5.54. The highest BCUT2D eigenvalue weighted by Crippen LogP contribution is 2.32. The van der Waals surface area contributed by atoms with Gasteiger partial charge in [0.15, 0.2) is 0 Å². The zero-order valence-corrected chi connectivity index (χ0v) is 10.3. The molecule has 0 bridgehead atoms. The SMILES string of the molecule is COc1cc(C(C)C)cc(CCN)c1Cl. The van der Waals surface area contributed by atoms with Crippen molar-refractivity contribution in [2.75, 3.05) is 13.7 Å². The van der Waals surface area contributed by atoms with E-state index in [-0.39, 0.29) is 0 Å². The number of hydrogen-bond donors (Lipinski definition) is 1. The van der Waals surface area contributed by atoms with Crippen molar-refractivity contribution in [3.05, 3.63) is 28.3 Å². The maximum atomic E-state index is 6.18. The lowest BCUT2D eigenvalue weighted by atomic mass is 9.99. The van der Waals surface area contributed by atoms with Gasteiger partial charge in [-0.05, 0) is 36.1 Å². The number of nitrogens with two attached hydrogens (primary N) is 1. The van der Waals surface area contributed by atoms with E-state index in [0.29, 0.717) is 17.5 Å². The van der Waals surface area contributed by atoms with Crippen LogP contribution in [0.3, 0.4) is 0 Å². The minimum Gasteiger partial charge on any atom is -0.495 e. The first-order chi connectivity index (χ1) is 7.10. The molecule has 0 aliphatic rings. The molecule has 0 saturated carbocycles. The summed E-state index contributed by atoms with van der Waals surface area (Å²) < 4.78 is 5.25. The summed E-state index contributed by atoms with van der Waals surface area (Å²) in [7, 11) is 1.64. The summed E-state index contributed by atoms with van der Waals surface area (Å²) in [6.45, 7) is 4.90. The summed E-state index contributed by atoms with van der Waals surface area (Å²) in [6.07, 6.45) is 0.787. The van der Waals surface area contributed by atoms with Crippen LogP contribution in [-0.4, -0.2) is 13.7 Å². The van der Waals surface area contributed by atoms with Crippen LogP contribution in [0.4, 0.5) is 0 Å². The molecular formula is C12H18ClNO. The van der Waals surface area contributed by atoms with Crippen molar-refractivity contribution >= 4 is 11.6 Å². The first kappa shape index (κ1) is 12.3. The Bertz CT molecular complexity index is 337. The van der Waals surface area contributed by atoms with E-state index >= 15 is 0 Å². The van der Waals surface area contributed by atoms with Gasteiger partial charge in [0.05, 0.1) is 12.1 Å². The Morgan fingerprint density at radius 2 is 2.07 bits per heavy atom. The quantitative estimate of drug-likeness (QED) is 0.859. The van der Waals surface area contributed by atoms with Gasteiger partial charge in [0.25, 0.3) is 0 Å². The molecular weight excluding hydrogens is 210 g/mol. The molecule has 0 aliphatic heterocycles. The Hall–Kier alpha value is -0.730. The van der Waals surface area contributed by atoms with E-state index < -0.39 is 0 Å². The standard InChI is InChI=1S/C12H18ClNO/c1-8(2)10-6-9(4-5-14)12(13)11(7-10)15-3/h6-8H,4-5,14H2,1-3H3. The largest absolute Gasteiger partial charge is 0.495 e. The Balaban J connectivity index is 3.19. The van der Waals surface area contributed by atoms with E-state index in [0.717, 1.165) is 17.7 Å². The number of ether oxygens (including phenoxy) is 1. The van der Waals surface area contributed by atoms with E-state index in [1.807, 2.05) is 6.07 Å². The smallest absolute Gasteiger partial charge is 0.138 e. The average molecular weight is 228 g/mol. The second kappa shape index (κ2) is 5.38. The van der Waals surface area contributed by atoms with Gasteiger partial charge < -0.3 is 10.5 Å². The molecule has 84 valence electrons. The van der Waals surface area contributed by atoms with Crippen molar-refractivity contribution in [3.63, 3.8) is 0 Å². The zero-order chi connectivity index (χ0) is 11.4. The van der Waals surface area contributed by atoms with Crippen LogP contribution in [0.2, 0.25) is 5.02 Å². The number of rotatable bonds is 4. The second-order valence-electron chi connectivity index (χ2n) is 3.89. The highest BCUT2D eigenvalue weighted by atomic mass is 35.5. The molecule has 1 aromatic rings. The Morgan fingerprint density at radius 1 is 1.40 bits per heavy atom. The minimum atomic E-state index is 0.465. The maximum Gasteiger partial charge on any atom is 0.138 e. The lowest BCUT2D eigenvalue weighted by Crippen LogP contribution is -2.05. The van der Waals surface area contributed by atoms with Crippen molar-refractivity contribution < 1.29 is 4.74 Å². The molecule has 0 fully saturated rings. The third-order valence-electron chi connectivity index (χ3n) is 2.44. The van der Waals surface area contributed by atoms with E-state index in [1.54, 1.807) is 7.11 Å². The molecule has 0 saturated heterocycles. The number of benzene rings is 1. The van der Waals surface area contributed by atoms with E-state index in [1.165, 1.54) is 5.56 Å². The normalized spacial score (nSPS) is 10.8. The molecule has 0 radical (unpaired) electrons. The summed E-state index contributed by atoms with van der Waals surface area (Å²) >= 11 is 6.18. The summed E-state index contributed by atoms with van der Waals surface area (Å²) in [5, 5.41) is 0.687. The van der Waals surface area contributed by atoms with Gasteiger partial charge in [0.2, 0.25) is 0 Å². The predicted octanol–water partition coefficient (Wildman–Crippen LogP) is 2.97. The van der Waals surface area contributed by atoms with Crippen LogP contribution in [0, 0.1) is 0 Å². The van der Waals surface area contributed by atoms with Gasteiger partial charge in [0.1, 0.15) is 5.75 Å². The highest BCUT2D eigenvalue weighted by Gasteiger charge is 2.10. The fourth-order valence-corrected chi connectivity index (χ4v) is 1.78. The summed E-state index contributed by atoms with van der Waals surface area (Å²) in [4.78, 5) is 0. The third-order valence-corrected chi connectivity index (χ3v) is 2.87. The maximum absolute atomic E-state index is 6.18. The molecule has 2 nitrogen and oxygen atoms in total. The Kier molecular flexibility index (Phi) is 4.43. The van der Waals surface area contributed by atoms with E-state index in [2.05, 4.69) is 19.9 Å². The van der Waals surface area contributed by atoms with Gasteiger partial charge in [-0.2, -0.15) is 0 Å². The molecule has 0 spiro atoms. The number of hydrogen-bond acceptors (Lipinski definition) is 2. The molecule has 1 rings (SSSR count). The molecule has 0 unspecified atom stereocenters. The summed E-state index contributed by atoms with van der Waals surface area (Å²) in [5.74, 6) is 1.21. The van der Waals surface area contributed by atoms with Gasteiger partial charge in [-0.25, -0.2) is 0 Å². The number of methoxy groups -OCH3 is 1. The van der Waals surface area contributed by atoms with Crippen LogP contribution in [-0.2, 0) is 6.42 Å². The van der Waals surface area contributed by atoms with Gasteiger partial charge >= 0.3 is 0 Å². The van der Waals surface area contributed by atoms with E-state index in [4.69, 9.17) is 22.1 Å². The zero-order valence-electron chi connectivity index (χ0n) is 9.51. The molecule has 0 heterocycles. The second-order valence-corrected chi connectivity index (χ2v) is 4.27. The van der Waals surface area contributed by atoms with Gasteiger partial charge in [-0.1, -0.05) is 31.5 Å². The summed E-state index contributed by atoms with van der Waals surface area (Å²) in [6, 6.07) is 4.11. The van der Waals surface area contributed by atoms with Crippen LogP contribution >= 0.6 is 11.6 Å². The van der Waals surface area contributed by atoms with Crippen LogP contribution < -0.4 is 10.5 Å². The molecule has 1 aromatic carbocycles. The Labute approximate surface area is 96.4 Å². The molecule has 15 heavy (non-hydrogen) atoms. The van der Waals surface area contributed by atoms with Crippen molar-refractivity contribution in [2.24, 2.45) is 5.73 Å². The minimum absolute atomic E-state index is 0.465. The molecule has 0 aromatic heterocycles. The predicted molar refractivity (Wildman–Crippen MR) is 64.9 cm³/mol. The lowest BCUT2D eigenvalue weighted by molar-refractivity contribution is 0.413. The lowest BCUT2D eigenvalue weighted by Gasteiger charge is -2.13. The van der Waals surface area contributed by atoms with Crippen LogP contribution in [0.5, 0.6) is 5.75 Å². The highest BCUT2D eigenvalue weighted by molar-refractivity contribution is 6.32. The van der Waals surface area contributed by atoms with Crippen molar-refractivity contribution in [1.29, 1.82) is 0 Å². The average Bonchev–Trinajstić information content (AvgIpc) is 2.21. The van der Waals surface area contributed by atoms with Crippen LogP contribution in [0.25, 0.3) is 0 Å². The van der Waals surface area contributed by atoms with Crippen molar-refractivity contribution in [1.82, 2.24) is 0 Å². The molecule has 2 N–H and O–H groups in total. The number of halogens is 1. The van der Waals surface area contributed by atoms with Crippen molar-refractivity contribution in [2.45, 2.75) is 26.2 Å². The van der Waals surface area contributed by atoms with Gasteiger partial charge in [0, 0.05) is 0 Å². The van der Waals surface area contributed by atoms with E-state index in [9.17, 15) is 0 Å². The van der Waals surface area contributed by atoms with Gasteiger partial charge in [-0.15, -0.1) is 0 Å². The molecule has 3 heteroatoms. The first-order valence-electron chi connectivity index (χ1n) is 5.16. The Morgan fingerprint density at radius 3 is 2.53 bits per heavy atom. The van der Waals surface area contributed by atoms with Crippen LogP contribution in [0.1, 0.15) is 30.9 Å².